The van der Waals surface area contributed by atoms with Crippen molar-refractivity contribution in [3.05, 3.63) is 29.8 Å². The van der Waals surface area contributed by atoms with Crippen molar-refractivity contribution in [2.45, 2.75) is 58.6 Å². The van der Waals surface area contributed by atoms with Crippen molar-refractivity contribution in [2.75, 3.05) is 19.7 Å². The van der Waals surface area contributed by atoms with E-state index in [1.807, 2.05) is 13.0 Å². The molecule has 8 heteroatoms. The lowest BCUT2D eigenvalue weighted by Crippen LogP contribution is -2.44. The van der Waals surface area contributed by atoms with Gasteiger partial charge in [-0.1, -0.05) is 31.4 Å². The molecule has 3 N–H and O–H groups in total. The molecule has 0 atom stereocenters. The summed E-state index contributed by atoms with van der Waals surface area (Å²) in [5, 5.41) is 16.1. The van der Waals surface area contributed by atoms with E-state index in [2.05, 4.69) is 20.4 Å². The lowest BCUT2D eigenvalue weighted by molar-refractivity contribution is -0.0498. The van der Waals surface area contributed by atoms with Gasteiger partial charge in [-0.25, -0.2) is 4.99 Å². The summed E-state index contributed by atoms with van der Waals surface area (Å²) in [6, 6.07) is 6.60. The molecule has 1 fully saturated rings. The minimum Gasteiger partial charge on any atom is -0.435 e. The van der Waals surface area contributed by atoms with Crippen molar-refractivity contribution < 1.29 is 18.6 Å². The fourth-order valence-electron chi connectivity index (χ4n) is 3.66. The van der Waals surface area contributed by atoms with Gasteiger partial charge in [-0.2, -0.15) is 8.78 Å². The Bertz CT molecular complexity index is 591. The largest absolute Gasteiger partial charge is 0.435 e. The number of guanidine groups is 1. The number of hydrogen-bond acceptors (Lipinski definition) is 3. The minimum absolute atomic E-state index is 0. The summed E-state index contributed by atoms with van der Waals surface area (Å²) in [5.41, 5.74) is 0.918. The summed E-state index contributed by atoms with van der Waals surface area (Å²) in [6.45, 7) is 1.23. The van der Waals surface area contributed by atoms with Crippen LogP contribution in [0.15, 0.2) is 29.3 Å². The second-order valence-electron chi connectivity index (χ2n) is 7.11. The summed E-state index contributed by atoms with van der Waals surface area (Å²) < 4.78 is 29.1. The van der Waals surface area contributed by atoms with Crippen LogP contribution in [0.1, 0.15) is 51.0 Å². The van der Waals surface area contributed by atoms with Gasteiger partial charge >= 0.3 is 6.61 Å². The third-order valence-corrected chi connectivity index (χ3v) is 5.07. The molecule has 0 unspecified atom stereocenters. The molecular weight excluding hydrogens is 479 g/mol. The van der Waals surface area contributed by atoms with E-state index in [-0.39, 0.29) is 41.7 Å². The van der Waals surface area contributed by atoms with Gasteiger partial charge in [-0.05, 0) is 49.3 Å². The van der Waals surface area contributed by atoms with E-state index in [9.17, 15) is 13.9 Å². The Balaban J connectivity index is 0.00000392. The fourth-order valence-corrected chi connectivity index (χ4v) is 3.66. The highest BCUT2D eigenvalue weighted by Crippen LogP contribution is 2.38. The predicted octanol–water partition coefficient (Wildman–Crippen LogP) is 4.29. The van der Waals surface area contributed by atoms with Crippen LogP contribution in [0.2, 0.25) is 0 Å². The Morgan fingerprint density at radius 2 is 2.00 bits per heavy atom. The first-order valence-electron chi connectivity index (χ1n) is 9.74. The van der Waals surface area contributed by atoms with E-state index >= 15 is 0 Å². The Kier molecular flexibility index (Phi) is 11.7. The molecule has 1 saturated carbocycles. The van der Waals surface area contributed by atoms with Crippen LogP contribution in [0.5, 0.6) is 5.75 Å². The molecule has 1 aliphatic carbocycles. The summed E-state index contributed by atoms with van der Waals surface area (Å²) in [7, 11) is 0. The van der Waals surface area contributed by atoms with Crippen LogP contribution in [0.25, 0.3) is 0 Å². The SMILES string of the molecule is CCNC(=NCc1cccc(OC(F)F)c1)NCC1(CCO)CCCCC1.I. The molecule has 2 rings (SSSR count). The summed E-state index contributed by atoms with van der Waals surface area (Å²) >= 11 is 0. The van der Waals surface area contributed by atoms with Crippen molar-refractivity contribution in [3.63, 3.8) is 0 Å². The molecule has 0 aromatic heterocycles. The van der Waals surface area contributed by atoms with E-state index in [1.54, 1.807) is 12.1 Å². The van der Waals surface area contributed by atoms with Crippen LogP contribution in [0.4, 0.5) is 8.78 Å². The van der Waals surface area contributed by atoms with Crippen molar-refractivity contribution >= 4 is 29.9 Å². The Morgan fingerprint density at radius 3 is 2.64 bits per heavy atom. The van der Waals surface area contributed by atoms with Crippen molar-refractivity contribution in [1.82, 2.24) is 10.6 Å². The number of aliphatic hydroxyl groups is 1. The molecule has 1 aromatic carbocycles. The monoisotopic (exact) mass is 511 g/mol. The highest BCUT2D eigenvalue weighted by molar-refractivity contribution is 14.0. The van der Waals surface area contributed by atoms with Gasteiger partial charge in [0.05, 0.1) is 6.54 Å². The average molecular weight is 511 g/mol. The Hall–Kier alpha value is -1.16. The molecule has 1 aromatic rings. The van der Waals surface area contributed by atoms with Gasteiger partial charge in [0.25, 0.3) is 0 Å². The number of benzene rings is 1. The van der Waals surface area contributed by atoms with Crippen LogP contribution < -0.4 is 15.4 Å². The minimum atomic E-state index is -2.83. The van der Waals surface area contributed by atoms with Gasteiger partial charge in [0.1, 0.15) is 5.75 Å². The van der Waals surface area contributed by atoms with Crippen LogP contribution in [0.3, 0.4) is 0 Å². The van der Waals surface area contributed by atoms with Crippen molar-refractivity contribution in [3.8, 4) is 5.75 Å². The molecule has 1 aliphatic rings. The number of alkyl halides is 2. The fraction of sp³-hybridized carbons (Fsp3) is 0.650. The molecule has 5 nitrogen and oxygen atoms in total. The summed E-state index contributed by atoms with van der Waals surface area (Å²) in [5.74, 6) is 0.834. The zero-order valence-electron chi connectivity index (χ0n) is 16.4. The van der Waals surface area contributed by atoms with Gasteiger partial charge in [-0.15, -0.1) is 24.0 Å². The topological polar surface area (TPSA) is 65.9 Å². The number of nitrogens with zero attached hydrogens (tertiary/aromatic N) is 1. The van der Waals surface area contributed by atoms with Crippen LogP contribution in [0, 0.1) is 5.41 Å². The molecule has 0 aliphatic heterocycles. The first kappa shape index (κ1) is 24.9. The average Bonchev–Trinajstić information content (AvgIpc) is 2.65. The molecule has 0 amide bonds. The van der Waals surface area contributed by atoms with E-state index < -0.39 is 6.61 Å². The molecule has 0 radical (unpaired) electrons. The molecule has 0 bridgehead atoms. The zero-order valence-corrected chi connectivity index (χ0v) is 18.8. The molecule has 0 heterocycles. The molecule has 160 valence electrons. The highest BCUT2D eigenvalue weighted by Gasteiger charge is 2.31. The summed E-state index contributed by atoms with van der Waals surface area (Å²) in [4.78, 5) is 4.57. The first-order valence-corrected chi connectivity index (χ1v) is 9.74. The lowest BCUT2D eigenvalue weighted by atomic mass is 9.72. The quantitative estimate of drug-likeness (QED) is 0.263. The van der Waals surface area contributed by atoms with Crippen LogP contribution in [-0.4, -0.2) is 37.4 Å². The van der Waals surface area contributed by atoms with Gasteiger partial charge in [0.2, 0.25) is 0 Å². The molecule has 0 spiro atoms. The normalized spacial score (nSPS) is 16.4. The predicted molar refractivity (Wildman–Crippen MR) is 119 cm³/mol. The first-order chi connectivity index (χ1) is 13.1. The van der Waals surface area contributed by atoms with Gasteiger partial charge in [-0.3, -0.25) is 0 Å². The number of hydrogen-bond donors (Lipinski definition) is 3. The maximum atomic E-state index is 12.4. The standard InChI is InChI=1S/C20H31F2N3O2.HI/c1-2-23-19(25-15-20(11-12-26)9-4-3-5-10-20)24-14-16-7-6-8-17(13-16)27-18(21)22;/h6-8,13,18,26H,2-5,9-12,14-15H2,1H3,(H2,23,24,25);1H. The number of ether oxygens (including phenoxy) is 1. The van der Waals surface area contributed by atoms with E-state index in [4.69, 9.17) is 0 Å². The number of nitrogens with one attached hydrogen (secondary N) is 2. The summed E-state index contributed by atoms with van der Waals surface area (Å²) in [6.07, 6.45) is 6.70. The van der Waals surface area contributed by atoms with Crippen LogP contribution >= 0.6 is 24.0 Å². The van der Waals surface area contributed by atoms with Gasteiger partial charge in [0.15, 0.2) is 5.96 Å². The number of aliphatic imine (C=N–C) groups is 1. The maximum absolute atomic E-state index is 12.4. The van der Waals surface area contributed by atoms with Gasteiger partial charge in [0, 0.05) is 19.7 Å². The molecule has 0 saturated heterocycles. The molecular formula is C20H32F2IN3O2. The van der Waals surface area contributed by atoms with E-state index in [1.165, 1.54) is 25.3 Å². The third-order valence-electron chi connectivity index (χ3n) is 5.07. The van der Waals surface area contributed by atoms with E-state index in [0.717, 1.165) is 37.9 Å². The van der Waals surface area contributed by atoms with Crippen LogP contribution in [-0.2, 0) is 6.54 Å². The van der Waals surface area contributed by atoms with Crippen molar-refractivity contribution in [1.29, 1.82) is 0 Å². The Morgan fingerprint density at radius 1 is 1.25 bits per heavy atom. The lowest BCUT2D eigenvalue weighted by Gasteiger charge is -2.37. The van der Waals surface area contributed by atoms with E-state index in [0.29, 0.717) is 12.5 Å². The number of aliphatic hydroxyl groups excluding tert-OH is 1. The third kappa shape index (κ3) is 8.46. The molecule has 28 heavy (non-hydrogen) atoms. The zero-order chi connectivity index (χ0) is 19.5. The highest BCUT2D eigenvalue weighted by atomic mass is 127. The Labute approximate surface area is 183 Å². The number of rotatable bonds is 9. The number of halogens is 3. The smallest absolute Gasteiger partial charge is 0.387 e. The second-order valence-corrected chi connectivity index (χ2v) is 7.11. The van der Waals surface area contributed by atoms with Crippen molar-refractivity contribution in [2.24, 2.45) is 10.4 Å². The second kappa shape index (κ2) is 13.1. The maximum Gasteiger partial charge on any atom is 0.387 e. The van der Waals surface area contributed by atoms with Gasteiger partial charge < -0.3 is 20.5 Å².